The third-order valence-electron chi connectivity index (χ3n) is 8.75. The van der Waals surface area contributed by atoms with Crippen LogP contribution >= 0.6 is 11.6 Å². The van der Waals surface area contributed by atoms with Crippen LogP contribution in [0.2, 0.25) is 5.02 Å². The summed E-state index contributed by atoms with van der Waals surface area (Å²) in [6.07, 6.45) is 3.68. The molecule has 0 radical (unpaired) electrons. The number of nitrogens with one attached hydrogen (secondary N) is 1. The van der Waals surface area contributed by atoms with Crippen molar-refractivity contribution >= 4 is 41.2 Å². The molecule has 204 valence electrons. The Morgan fingerprint density at radius 3 is 2.64 bits per heavy atom. The van der Waals surface area contributed by atoms with Crippen LogP contribution in [0.5, 0.6) is 0 Å². The predicted octanol–water partition coefficient (Wildman–Crippen LogP) is 4.72. The highest BCUT2D eigenvalue weighted by Gasteiger charge is 2.49. The van der Waals surface area contributed by atoms with Gasteiger partial charge in [-0.3, -0.25) is 19.4 Å². The van der Waals surface area contributed by atoms with Gasteiger partial charge < -0.3 is 15.1 Å². The number of carbonyl (C=O) groups excluding carboxylic acids is 3. The number of likely N-dealkylation sites (tertiary alicyclic amines) is 1. The van der Waals surface area contributed by atoms with E-state index in [9.17, 15) is 14.4 Å². The Morgan fingerprint density at radius 2 is 1.90 bits per heavy atom. The number of piperidine rings is 1. The van der Waals surface area contributed by atoms with Gasteiger partial charge in [-0.25, -0.2) is 0 Å². The third-order valence-corrected chi connectivity index (χ3v) is 9.09. The van der Waals surface area contributed by atoms with E-state index in [1.165, 1.54) is 0 Å². The van der Waals surface area contributed by atoms with Crippen molar-refractivity contribution in [3.8, 4) is 0 Å². The standard InChI is InChI=1S/C31H35ClN4O3/c1-30(2,3)18-36-17-23-19(13-25(32)22-16-33-15-21(22)23)12-20(28(36)38)14-27(37)35-10-8-31(9-11-35)24-6-4-5-7-26(24)34-29(31)39/h4-7,13,15,20H,8-12,14,16-18H2,1-3H3,(H,34,39)/t20-/m0/s1. The second-order valence-electron chi connectivity index (χ2n) is 12.7. The normalized spacial score (nSPS) is 21.5. The molecule has 4 heterocycles. The van der Waals surface area contributed by atoms with Crippen molar-refractivity contribution < 1.29 is 14.4 Å². The monoisotopic (exact) mass is 546 g/mol. The molecule has 0 aromatic heterocycles. The first-order valence-electron chi connectivity index (χ1n) is 13.9. The van der Waals surface area contributed by atoms with E-state index in [1.807, 2.05) is 46.3 Å². The zero-order valence-corrected chi connectivity index (χ0v) is 23.6. The predicted molar refractivity (Wildman–Crippen MR) is 152 cm³/mol. The van der Waals surface area contributed by atoms with Gasteiger partial charge in [0.1, 0.15) is 0 Å². The fourth-order valence-corrected chi connectivity index (χ4v) is 7.11. The largest absolute Gasteiger partial charge is 0.343 e. The minimum Gasteiger partial charge on any atom is -0.343 e. The lowest BCUT2D eigenvalue weighted by atomic mass is 9.73. The molecule has 1 saturated heterocycles. The first kappa shape index (κ1) is 26.1. The summed E-state index contributed by atoms with van der Waals surface area (Å²) >= 11 is 6.64. The minimum absolute atomic E-state index is 0.0202. The van der Waals surface area contributed by atoms with E-state index in [2.05, 4.69) is 31.1 Å². The van der Waals surface area contributed by atoms with Gasteiger partial charge in [-0.1, -0.05) is 50.6 Å². The molecular weight excluding hydrogens is 512 g/mol. The van der Waals surface area contributed by atoms with Crippen LogP contribution in [0, 0.1) is 11.3 Å². The lowest BCUT2D eigenvalue weighted by Gasteiger charge is -2.38. The Bertz CT molecular complexity index is 1400. The number of nitrogens with zero attached hydrogens (tertiary/aromatic N) is 3. The highest BCUT2D eigenvalue weighted by Crippen LogP contribution is 2.45. The maximum absolute atomic E-state index is 13.9. The summed E-state index contributed by atoms with van der Waals surface area (Å²) in [6, 6.07) is 9.83. The van der Waals surface area contributed by atoms with Gasteiger partial charge in [0.05, 0.1) is 17.9 Å². The van der Waals surface area contributed by atoms with Gasteiger partial charge >= 0.3 is 0 Å². The highest BCUT2D eigenvalue weighted by molar-refractivity contribution is 6.32. The van der Waals surface area contributed by atoms with Crippen molar-refractivity contribution in [2.45, 2.75) is 65.0 Å². The summed E-state index contributed by atoms with van der Waals surface area (Å²) in [5.74, 6) is -0.438. The van der Waals surface area contributed by atoms with Crippen LogP contribution in [-0.2, 0) is 39.3 Å². The molecular formula is C31H35ClN4O3. The summed E-state index contributed by atoms with van der Waals surface area (Å²) in [7, 11) is 0. The highest BCUT2D eigenvalue weighted by atomic mass is 35.5. The summed E-state index contributed by atoms with van der Waals surface area (Å²) < 4.78 is 0. The minimum atomic E-state index is -0.577. The molecule has 39 heavy (non-hydrogen) atoms. The summed E-state index contributed by atoms with van der Waals surface area (Å²) in [6.45, 7) is 9.05. The molecule has 8 heteroatoms. The van der Waals surface area contributed by atoms with Crippen molar-refractivity contribution in [3.05, 3.63) is 63.2 Å². The van der Waals surface area contributed by atoms with Gasteiger partial charge in [0.25, 0.3) is 0 Å². The van der Waals surface area contributed by atoms with Crippen LogP contribution in [-0.4, -0.2) is 53.4 Å². The van der Waals surface area contributed by atoms with E-state index < -0.39 is 11.3 Å². The second-order valence-corrected chi connectivity index (χ2v) is 13.1. The maximum Gasteiger partial charge on any atom is 0.235 e. The number of para-hydroxylation sites is 1. The molecule has 0 bridgehead atoms. The van der Waals surface area contributed by atoms with Crippen molar-refractivity contribution in [1.82, 2.24) is 9.80 Å². The SMILES string of the molecule is CC(C)(C)CN1Cc2c(cc(Cl)c3c2C=NC3)C[C@@H](CC(=O)N2CCC3(CC2)C(=O)Nc2ccccc23)C1=O. The summed E-state index contributed by atoms with van der Waals surface area (Å²) in [5, 5.41) is 3.70. The molecule has 4 aliphatic heterocycles. The molecule has 1 N–H and O–H groups in total. The number of rotatable bonds is 3. The molecule has 0 aliphatic carbocycles. The number of anilines is 1. The third kappa shape index (κ3) is 4.54. The van der Waals surface area contributed by atoms with Crippen molar-refractivity contribution in [1.29, 1.82) is 0 Å². The van der Waals surface area contributed by atoms with Gasteiger partial charge in [0.2, 0.25) is 17.7 Å². The fraction of sp³-hybridized carbons (Fsp3) is 0.484. The molecule has 2 aromatic rings. The average molecular weight is 547 g/mol. The Balaban J connectivity index is 1.23. The zero-order valence-electron chi connectivity index (χ0n) is 22.8. The number of benzene rings is 2. The first-order chi connectivity index (χ1) is 18.6. The molecule has 2 aromatic carbocycles. The van der Waals surface area contributed by atoms with Gasteiger partial charge in [-0.15, -0.1) is 0 Å². The zero-order chi connectivity index (χ0) is 27.5. The van der Waals surface area contributed by atoms with E-state index in [-0.39, 0.29) is 29.6 Å². The quantitative estimate of drug-likeness (QED) is 0.604. The van der Waals surface area contributed by atoms with Crippen molar-refractivity contribution in [2.75, 3.05) is 25.0 Å². The lowest BCUT2D eigenvalue weighted by molar-refractivity contribution is -0.143. The topological polar surface area (TPSA) is 82.1 Å². The van der Waals surface area contributed by atoms with E-state index in [1.54, 1.807) is 0 Å². The molecule has 7 nitrogen and oxygen atoms in total. The van der Waals surface area contributed by atoms with Gasteiger partial charge in [0.15, 0.2) is 0 Å². The molecule has 1 fully saturated rings. The van der Waals surface area contributed by atoms with E-state index in [0.29, 0.717) is 57.0 Å². The maximum atomic E-state index is 13.9. The van der Waals surface area contributed by atoms with Gasteiger partial charge in [0, 0.05) is 60.7 Å². The molecule has 1 atom stereocenters. The number of halogens is 1. The number of amides is 3. The van der Waals surface area contributed by atoms with Crippen molar-refractivity contribution in [3.63, 3.8) is 0 Å². The fourth-order valence-electron chi connectivity index (χ4n) is 6.82. The van der Waals surface area contributed by atoms with Crippen LogP contribution < -0.4 is 5.32 Å². The Kier molecular flexibility index (Phi) is 6.33. The van der Waals surface area contributed by atoms with Crippen LogP contribution in [0.25, 0.3) is 0 Å². The molecule has 0 saturated carbocycles. The molecule has 4 aliphatic rings. The second kappa shape index (κ2) is 9.47. The summed E-state index contributed by atoms with van der Waals surface area (Å²) in [5.41, 5.74) is 5.44. The van der Waals surface area contributed by atoms with E-state index >= 15 is 0 Å². The van der Waals surface area contributed by atoms with Gasteiger partial charge in [-0.2, -0.15) is 0 Å². The van der Waals surface area contributed by atoms with Crippen molar-refractivity contribution in [2.24, 2.45) is 16.3 Å². The number of aliphatic imine (C=N–C) groups is 1. The Hall–Kier alpha value is -3.19. The number of hydrogen-bond acceptors (Lipinski definition) is 4. The Labute approximate surface area is 234 Å². The lowest BCUT2D eigenvalue weighted by Crippen LogP contribution is -2.49. The molecule has 0 unspecified atom stereocenters. The van der Waals surface area contributed by atoms with Crippen LogP contribution in [0.1, 0.15) is 67.9 Å². The van der Waals surface area contributed by atoms with E-state index in [0.717, 1.165) is 33.5 Å². The van der Waals surface area contributed by atoms with E-state index in [4.69, 9.17) is 11.6 Å². The van der Waals surface area contributed by atoms with Gasteiger partial charge in [-0.05, 0) is 53.5 Å². The molecule has 6 rings (SSSR count). The number of hydrogen-bond donors (Lipinski definition) is 1. The average Bonchev–Trinajstić information content (AvgIpc) is 3.45. The molecule has 3 amide bonds. The van der Waals surface area contributed by atoms with Crippen LogP contribution in [0.4, 0.5) is 5.69 Å². The Morgan fingerprint density at radius 1 is 1.15 bits per heavy atom. The van der Waals surface area contributed by atoms with Crippen LogP contribution in [0.3, 0.4) is 0 Å². The first-order valence-corrected chi connectivity index (χ1v) is 14.2. The smallest absolute Gasteiger partial charge is 0.235 e. The number of fused-ring (bicyclic) bond motifs is 5. The summed E-state index contributed by atoms with van der Waals surface area (Å²) in [4.78, 5) is 48.7. The van der Waals surface area contributed by atoms with Crippen LogP contribution in [0.15, 0.2) is 35.3 Å². The molecule has 1 spiro atoms. The number of carbonyl (C=O) groups is 3.